The van der Waals surface area contributed by atoms with E-state index < -0.39 is 0 Å². The van der Waals surface area contributed by atoms with Crippen LogP contribution < -0.4 is 9.47 Å². The third kappa shape index (κ3) is 3.38. The van der Waals surface area contributed by atoms with E-state index in [1.54, 1.807) is 19.1 Å². The molecule has 0 radical (unpaired) electrons. The molecule has 2 rings (SSSR count). The third-order valence-corrected chi connectivity index (χ3v) is 3.12. The molecule has 1 amide bonds. The number of amides is 1. The minimum absolute atomic E-state index is 0.0759. The molecular weight excluding hydrogens is 246 g/mol. The van der Waals surface area contributed by atoms with Crippen molar-refractivity contribution >= 4 is 5.91 Å². The van der Waals surface area contributed by atoms with Crippen molar-refractivity contribution in [2.75, 3.05) is 34.1 Å². The van der Waals surface area contributed by atoms with Crippen LogP contribution in [-0.2, 0) is 16.0 Å². The Labute approximate surface area is 113 Å². The highest BCUT2D eigenvalue weighted by atomic mass is 16.5. The number of carbonyl (C=O) groups is 1. The summed E-state index contributed by atoms with van der Waals surface area (Å²) in [5.41, 5.74) is 0.910. The number of hydrogen-bond acceptors (Lipinski definition) is 4. The molecule has 0 atom stereocenters. The van der Waals surface area contributed by atoms with Crippen LogP contribution in [0, 0.1) is 0 Å². The molecule has 1 aromatic carbocycles. The zero-order valence-electron chi connectivity index (χ0n) is 11.3. The fourth-order valence-corrected chi connectivity index (χ4v) is 2.07. The van der Waals surface area contributed by atoms with E-state index in [9.17, 15) is 4.79 Å². The van der Waals surface area contributed by atoms with E-state index in [0.29, 0.717) is 24.7 Å². The molecule has 0 aromatic heterocycles. The molecule has 1 aliphatic heterocycles. The van der Waals surface area contributed by atoms with Gasteiger partial charge in [-0.3, -0.25) is 4.79 Å². The Morgan fingerprint density at radius 3 is 2.74 bits per heavy atom. The van der Waals surface area contributed by atoms with E-state index in [2.05, 4.69) is 0 Å². The number of hydrogen-bond donors (Lipinski definition) is 0. The van der Waals surface area contributed by atoms with Crippen LogP contribution in [0.1, 0.15) is 12.0 Å². The fourth-order valence-electron chi connectivity index (χ4n) is 2.07. The average Bonchev–Trinajstić information content (AvgIpc) is 2.48. The number of ether oxygens (including phenoxy) is 3. The minimum Gasteiger partial charge on any atom is -0.493 e. The Kier molecular flexibility index (Phi) is 4.63. The van der Waals surface area contributed by atoms with Crippen LogP contribution in [0.3, 0.4) is 0 Å². The van der Waals surface area contributed by atoms with E-state index in [0.717, 1.165) is 25.1 Å². The van der Waals surface area contributed by atoms with Gasteiger partial charge in [-0.15, -0.1) is 0 Å². The highest BCUT2D eigenvalue weighted by Gasteiger charge is 2.17. The largest absolute Gasteiger partial charge is 0.493 e. The van der Waals surface area contributed by atoms with Crippen molar-refractivity contribution < 1.29 is 19.0 Å². The van der Waals surface area contributed by atoms with Crippen molar-refractivity contribution in [1.29, 1.82) is 0 Å². The Bertz CT molecular complexity index is 441. The zero-order valence-corrected chi connectivity index (χ0v) is 11.3. The second-order valence-electron chi connectivity index (χ2n) is 4.41. The average molecular weight is 265 g/mol. The molecule has 0 N–H and O–H groups in total. The summed E-state index contributed by atoms with van der Waals surface area (Å²) in [5, 5.41) is 0. The lowest BCUT2D eigenvalue weighted by Gasteiger charge is -2.26. The van der Waals surface area contributed by atoms with Crippen LogP contribution in [0.4, 0.5) is 0 Å². The van der Waals surface area contributed by atoms with Crippen molar-refractivity contribution in [2.24, 2.45) is 0 Å². The summed E-state index contributed by atoms with van der Waals surface area (Å²) in [6.45, 7) is 1.90. The van der Waals surface area contributed by atoms with Crippen LogP contribution in [0.5, 0.6) is 11.5 Å². The highest BCUT2D eigenvalue weighted by Crippen LogP contribution is 2.27. The van der Waals surface area contributed by atoms with E-state index >= 15 is 0 Å². The Balaban J connectivity index is 2.03. The van der Waals surface area contributed by atoms with Gasteiger partial charge in [-0.25, -0.2) is 0 Å². The second kappa shape index (κ2) is 6.43. The fraction of sp³-hybridized carbons (Fsp3) is 0.500. The quantitative estimate of drug-likeness (QED) is 0.827. The van der Waals surface area contributed by atoms with Gasteiger partial charge in [0.25, 0.3) is 0 Å². The first-order valence-electron chi connectivity index (χ1n) is 6.31. The van der Waals surface area contributed by atoms with Crippen LogP contribution in [0.15, 0.2) is 18.2 Å². The van der Waals surface area contributed by atoms with Crippen molar-refractivity contribution in [3.05, 3.63) is 23.8 Å². The molecule has 0 bridgehead atoms. The van der Waals surface area contributed by atoms with Gasteiger partial charge in [-0.1, -0.05) is 6.07 Å². The normalized spacial score (nSPS) is 15.2. The SMILES string of the molecule is COc1ccc(CC(=O)N2CCCOC2)cc1OC. The number of rotatable bonds is 4. The summed E-state index contributed by atoms with van der Waals surface area (Å²) in [6, 6.07) is 5.53. The van der Waals surface area contributed by atoms with Gasteiger partial charge in [0.1, 0.15) is 6.73 Å². The first-order chi connectivity index (χ1) is 9.24. The van der Waals surface area contributed by atoms with Gasteiger partial charge >= 0.3 is 0 Å². The van der Waals surface area contributed by atoms with Crippen molar-refractivity contribution in [2.45, 2.75) is 12.8 Å². The van der Waals surface area contributed by atoms with Crippen LogP contribution in [0.25, 0.3) is 0 Å². The molecule has 104 valence electrons. The smallest absolute Gasteiger partial charge is 0.228 e. The molecule has 0 aliphatic carbocycles. The van der Waals surface area contributed by atoms with E-state index in [4.69, 9.17) is 14.2 Å². The predicted molar refractivity (Wildman–Crippen MR) is 70.4 cm³/mol. The second-order valence-corrected chi connectivity index (χ2v) is 4.41. The van der Waals surface area contributed by atoms with Crippen molar-refractivity contribution in [1.82, 2.24) is 4.90 Å². The maximum absolute atomic E-state index is 12.1. The maximum Gasteiger partial charge on any atom is 0.228 e. The summed E-state index contributed by atoms with van der Waals surface area (Å²) < 4.78 is 15.7. The molecular formula is C14H19NO4. The maximum atomic E-state index is 12.1. The molecule has 0 spiro atoms. The molecule has 0 unspecified atom stereocenters. The van der Waals surface area contributed by atoms with E-state index in [1.807, 2.05) is 18.2 Å². The number of carbonyl (C=O) groups excluding carboxylic acids is 1. The first kappa shape index (κ1) is 13.7. The molecule has 5 nitrogen and oxygen atoms in total. The molecule has 1 saturated heterocycles. The molecule has 0 saturated carbocycles. The molecule has 1 fully saturated rings. The Hall–Kier alpha value is -1.75. The van der Waals surface area contributed by atoms with Crippen molar-refractivity contribution in [3.63, 3.8) is 0 Å². The standard InChI is InChI=1S/C14H19NO4/c1-17-12-5-4-11(8-13(12)18-2)9-14(16)15-6-3-7-19-10-15/h4-5,8H,3,6-7,9-10H2,1-2H3. The van der Waals surface area contributed by atoms with Crippen LogP contribution in [-0.4, -0.2) is 44.9 Å². The van der Waals surface area contributed by atoms with Gasteiger partial charge in [0, 0.05) is 6.54 Å². The van der Waals surface area contributed by atoms with Crippen molar-refractivity contribution in [3.8, 4) is 11.5 Å². The van der Waals surface area contributed by atoms with Gasteiger partial charge in [-0.05, 0) is 24.1 Å². The molecule has 1 heterocycles. The lowest BCUT2D eigenvalue weighted by atomic mass is 10.1. The van der Waals surface area contributed by atoms with Crippen LogP contribution in [0.2, 0.25) is 0 Å². The Morgan fingerprint density at radius 1 is 1.32 bits per heavy atom. The first-order valence-corrected chi connectivity index (χ1v) is 6.31. The van der Waals surface area contributed by atoms with Gasteiger partial charge in [0.2, 0.25) is 5.91 Å². The zero-order chi connectivity index (χ0) is 13.7. The van der Waals surface area contributed by atoms with E-state index in [-0.39, 0.29) is 5.91 Å². The molecule has 1 aliphatic rings. The third-order valence-electron chi connectivity index (χ3n) is 3.12. The lowest BCUT2D eigenvalue weighted by Crippen LogP contribution is -2.39. The Morgan fingerprint density at radius 2 is 2.11 bits per heavy atom. The van der Waals surface area contributed by atoms with E-state index in [1.165, 1.54) is 0 Å². The van der Waals surface area contributed by atoms with Gasteiger partial charge in [0.15, 0.2) is 11.5 Å². The van der Waals surface area contributed by atoms with Gasteiger partial charge < -0.3 is 19.1 Å². The number of methoxy groups -OCH3 is 2. The minimum atomic E-state index is 0.0759. The van der Waals surface area contributed by atoms with Gasteiger partial charge in [-0.2, -0.15) is 0 Å². The molecule has 1 aromatic rings. The topological polar surface area (TPSA) is 48.0 Å². The summed E-state index contributed by atoms with van der Waals surface area (Å²) in [5.74, 6) is 1.38. The highest BCUT2D eigenvalue weighted by molar-refractivity contribution is 5.79. The monoisotopic (exact) mass is 265 g/mol. The van der Waals surface area contributed by atoms with Crippen LogP contribution >= 0.6 is 0 Å². The number of nitrogens with zero attached hydrogens (tertiary/aromatic N) is 1. The molecule has 5 heteroatoms. The molecule has 19 heavy (non-hydrogen) atoms. The summed E-state index contributed by atoms with van der Waals surface area (Å²) in [7, 11) is 3.18. The summed E-state index contributed by atoms with van der Waals surface area (Å²) in [6.07, 6.45) is 1.25. The summed E-state index contributed by atoms with van der Waals surface area (Å²) in [4.78, 5) is 13.8. The lowest BCUT2D eigenvalue weighted by molar-refractivity contribution is -0.139. The van der Waals surface area contributed by atoms with Gasteiger partial charge in [0.05, 0.1) is 27.2 Å². The predicted octanol–water partition coefficient (Wildman–Crippen LogP) is 1.45. The summed E-state index contributed by atoms with van der Waals surface area (Å²) >= 11 is 0. The number of benzene rings is 1.